The van der Waals surface area contributed by atoms with Gasteiger partial charge in [0.15, 0.2) is 23.0 Å². The lowest BCUT2D eigenvalue weighted by atomic mass is 9.97. The molecule has 1 atom stereocenters. The van der Waals surface area contributed by atoms with Crippen LogP contribution in [0.15, 0.2) is 40.8 Å². The van der Waals surface area contributed by atoms with Crippen LogP contribution in [-0.2, 0) is 0 Å². The summed E-state index contributed by atoms with van der Waals surface area (Å²) < 4.78 is 28.1. The van der Waals surface area contributed by atoms with E-state index in [-0.39, 0.29) is 18.6 Å². The molecule has 9 nitrogen and oxygen atoms in total. The quantitative estimate of drug-likeness (QED) is 0.510. The molecule has 0 bridgehead atoms. The largest absolute Gasteiger partial charge is 0.490 e. The van der Waals surface area contributed by atoms with Crippen molar-refractivity contribution in [3.63, 3.8) is 0 Å². The van der Waals surface area contributed by atoms with E-state index in [0.717, 1.165) is 18.4 Å². The van der Waals surface area contributed by atoms with E-state index in [9.17, 15) is 4.79 Å². The predicted octanol–water partition coefficient (Wildman–Crippen LogP) is 4.28. The summed E-state index contributed by atoms with van der Waals surface area (Å²) in [5.74, 6) is 3.45. The highest BCUT2D eigenvalue weighted by molar-refractivity contribution is 5.95. The summed E-state index contributed by atoms with van der Waals surface area (Å²) in [4.78, 5) is 15.1. The zero-order valence-corrected chi connectivity index (χ0v) is 19.3. The summed E-state index contributed by atoms with van der Waals surface area (Å²) in [6.07, 6.45) is 1.73. The average molecular weight is 466 g/mol. The highest BCUT2D eigenvalue weighted by atomic mass is 16.7. The van der Waals surface area contributed by atoms with E-state index in [1.165, 1.54) is 0 Å². The Hall–Kier alpha value is -3.75. The Labute approximate surface area is 197 Å². The van der Waals surface area contributed by atoms with E-state index in [2.05, 4.69) is 10.2 Å². The monoisotopic (exact) mass is 465 g/mol. The fourth-order valence-electron chi connectivity index (χ4n) is 4.28. The first-order valence-corrected chi connectivity index (χ1v) is 11.6. The molecule has 0 N–H and O–H groups in total. The molecule has 5 rings (SSSR count). The van der Waals surface area contributed by atoms with Crippen LogP contribution in [0.2, 0.25) is 0 Å². The SMILES string of the molecule is CCOc1ccc(C(=O)N2CCCC(c3nnc(-c4ccc5c(c4)OCO5)o3)C2)cc1OCC. The minimum absolute atomic E-state index is 0.0259. The Balaban J connectivity index is 1.31. The number of aromatic nitrogens is 2. The summed E-state index contributed by atoms with van der Waals surface area (Å²) in [7, 11) is 0. The van der Waals surface area contributed by atoms with Crippen LogP contribution in [0.1, 0.15) is 48.9 Å². The Morgan fingerprint density at radius 3 is 2.71 bits per heavy atom. The predicted molar refractivity (Wildman–Crippen MR) is 123 cm³/mol. The Morgan fingerprint density at radius 2 is 1.85 bits per heavy atom. The number of amides is 1. The molecule has 1 saturated heterocycles. The maximum Gasteiger partial charge on any atom is 0.254 e. The molecular weight excluding hydrogens is 438 g/mol. The van der Waals surface area contributed by atoms with Crippen LogP contribution in [0, 0.1) is 0 Å². The van der Waals surface area contributed by atoms with E-state index in [0.29, 0.717) is 66.6 Å². The van der Waals surface area contributed by atoms with Crippen LogP contribution >= 0.6 is 0 Å². The molecule has 1 fully saturated rings. The molecule has 2 aromatic carbocycles. The van der Waals surface area contributed by atoms with E-state index >= 15 is 0 Å². The van der Waals surface area contributed by atoms with Crippen molar-refractivity contribution in [1.29, 1.82) is 0 Å². The molecule has 1 unspecified atom stereocenters. The lowest BCUT2D eigenvalue weighted by molar-refractivity contribution is 0.0698. The van der Waals surface area contributed by atoms with Gasteiger partial charge < -0.3 is 28.3 Å². The molecule has 0 aliphatic carbocycles. The van der Waals surface area contributed by atoms with Crippen LogP contribution in [0.3, 0.4) is 0 Å². The number of benzene rings is 2. The van der Waals surface area contributed by atoms with Gasteiger partial charge >= 0.3 is 0 Å². The van der Waals surface area contributed by atoms with Crippen molar-refractivity contribution >= 4 is 5.91 Å². The number of nitrogens with zero attached hydrogens (tertiary/aromatic N) is 3. The highest BCUT2D eigenvalue weighted by Crippen LogP contribution is 2.36. The Bertz CT molecular complexity index is 1180. The van der Waals surface area contributed by atoms with Crippen LogP contribution in [0.5, 0.6) is 23.0 Å². The van der Waals surface area contributed by atoms with Gasteiger partial charge in [0, 0.05) is 24.2 Å². The summed E-state index contributed by atoms with van der Waals surface area (Å²) >= 11 is 0. The zero-order chi connectivity index (χ0) is 23.5. The van der Waals surface area contributed by atoms with E-state index < -0.39 is 0 Å². The molecule has 0 spiro atoms. The number of carbonyl (C=O) groups is 1. The number of piperidine rings is 1. The smallest absolute Gasteiger partial charge is 0.254 e. The first-order chi connectivity index (χ1) is 16.7. The highest BCUT2D eigenvalue weighted by Gasteiger charge is 2.30. The molecule has 2 aliphatic rings. The normalized spacial score (nSPS) is 17.0. The fraction of sp³-hybridized carbons (Fsp3) is 0.400. The van der Waals surface area contributed by atoms with Crippen LogP contribution in [0.25, 0.3) is 11.5 Å². The summed E-state index contributed by atoms with van der Waals surface area (Å²) in [6.45, 7) is 6.24. The topological polar surface area (TPSA) is 96.2 Å². The average Bonchev–Trinajstić information content (AvgIpc) is 3.54. The second-order valence-electron chi connectivity index (χ2n) is 8.13. The minimum atomic E-state index is -0.0517. The molecule has 178 valence electrons. The first kappa shape index (κ1) is 22.1. The first-order valence-electron chi connectivity index (χ1n) is 11.6. The zero-order valence-electron chi connectivity index (χ0n) is 19.3. The van der Waals surface area contributed by atoms with Gasteiger partial charge in [-0.15, -0.1) is 10.2 Å². The lowest BCUT2D eigenvalue weighted by Gasteiger charge is -2.31. The molecule has 0 saturated carbocycles. The Kier molecular flexibility index (Phi) is 6.24. The second-order valence-corrected chi connectivity index (χ2v) is 8.13. The third kappa shape index (κ3) is 4.37. The van der Waals surface area contributed by atoms with Gasteiger partial charge in [0.2, 0.25) is 18.6 Å². The van der Waals surface area contributed by atoms with Crippen LogP contribution < -0.4 is 18.9 Å². The van der Waals surface area contributed by atoms with Gasteiger partial charge in [-0.2, -0.15) is 0 Å². The standard InChI is InChI=1S/C25H27N3O6/c1-3-30-19-10-8-17(13-21(19)31-4-2)25(29)28-11-5-6-18(14-28)24-27-26-23(34-24)16-7-9-20-22(12-16)33-15-32-20/h7-10,12-13,18H,3-6,11,14-15H2,1-2H3. The molecule has 9 heteroatoms. The summed E-state index contributed by atoms with van der Waals surface area (Å²) in [6, 6.07) is 10.9. The van der Waals surface area contributed by atoms with Gasteiger partial charge in [0.25, 0.3) is 5.91 Å². The molecule has 0 radical (unpaired) electrons. The van der Waals surface area contributed by atoms with Crippen molar-refractivity contribution < 1.29 is 28.2 Å². The van der Waals surface area contributed by atoms with Crippen molar-refractivity contribution in [2.45, 2.75) is 32.6 Å². The number of hydrogen-bond acceptors (Lipinski definition) is 8. The van der Waals surface area contributed by atoms with Gasteiger partial charge in [-0.05, 0) is 63.1 Å². The van der Waals surface area contributed by atoms with Gasteiger partial charge in [0.05, 0.1) is 19.1 Å². The molecule has 34 heavy (non-hydrogen) atoms. The third-order valence-corrected chi connectivity index (χ3v) is 5.91. The number of fused-ring (bicyclic) bond motifs is 1. The van der Waals surface area contributed by atoms with Crippen molar-refractivity contribution in [1.82, 2.24) is 15.1 Å². The van der Waals surface area contributed by atoms with Crippen LogP contribution in [0.4, 0.5) is 0 Å². The number of likely N-dealkylation sites (tertiary alicyclic amines) is 1. The maximum atomic E-state index is 13.3. The number of hydrogen-bond donors (Lipinski definition) is 0. The molecule has 2 aliphatic heterocycles. The Morgan fingerprint density at radius 1 is 1.03 bits per heavy atom. The van der Waals surface area contributed by atoms with Gasteiger partial charge in [-0.25, -0.2) is 0 Å². The second kappa shape index (κ2) is 9.62. The number of ether oxygens (including phenoxy) is 4. The fourth-order valence-corrected chi connectivity index (χ4v) is 4.28. The molecule has 3 heterocycles. The number of carbonyl (C=O) groups excluding carboxylic acids is 1. The number of rotatable bonds is 7. The van der Waals surface area contributed by atoms with Gasteiger partial charge in [0.1, 0.15) is 0 Å². The van der Waals surface area contributed by atoms with Crippen molar-refractivity contribution in [2.24, 2.45) is 0 Å². The van der Waals surface area contributed by atoms with Crippen LogP contribution in [-0.4, -0.2) is 54.1 Å². The molecule has 3 aromatic rings. The molecular formula is C25H27N3O6. The molecule has 1 aromatic heterocycles. The van der Waals surface area contributed by atoms with E-state index in [4.69, 9.17) is 23.4 Å². The minimum Gasteiger partial charge on any atom is -0.490 e. The van der Waals surface area contributed by atoms with Gasteiger partial charge in [-0.1, -0.05) is 0 Å². The molecule has 1 amide bonds. The van der Waals surface area contributed by atoms with E-state index in [1.807, 2.05) is 36.9 Å². The maximum absolute atomic E-state index is 13.3. The van der Waals surface area contributed by atoms with Gasteiger partial charge in [-0.3, -0.25) is 4.79 Å². The van der Waals surface area contributed by atoms with Crippen molar-refractivity contribution in [3.05, 3.63) is 47.9 Å². The summed E-state index contributed by atoms with van der Waals surface area (Å²) in [5.41, 5.74) is 1.34. The van der Waals surface area contributed by atoms with E-state index in [1.54, 1.807) is 18.2 Å². The third-order valence-electron chi connectivity index (χ3n) is 5.91. The van der Waals surface area contributed by atoms with Crippen molar-refractivity contribution in [2.75, 3.05) is 33.1 Å². The lowest BCUT2D eigenvalue weighted by Crippen LogP contribution is -2.39. The summed E-state index contributed by atoms with van der Waals surface area (Å²) in [5, 5.41) is 8.51. The van der Waals surface area contributed by atoms with Crippen molar-refractivity contribution in [3.8, 4) is 34.5 Å².